The largest absolute Gasteiger partial charge is 0.416 e. The fourth-order valence-electron chi connectivity index (χ4n) is 2.96. The molecule has 2 N–H and O–H groups in total. The molecule has 2 amide bonds. The predicted octanol–water partition coefficient (Wildman–Crippen LogP) is 7.04. The normalized spacial score (nSPS) is 12.2. The van der Waals surface area contributed by atoms with Gasteiger partial charge in [-0.25, -0.2) is 0 Å². The number of amides is 2. The third-order valence-corrected chi connectivity index (χ3v) is 6.14. The second kappa shape index (κ2) is 10.3. The summed E-state index contributed by atoms with van der Waals surface area (Å²) in [7, 11) is 0. The van der Waals surface area contributed by atoms with E-state index in [1.54, 1.807) is 43.3 Å². The smallest absolute Gasteiger partial charge is 0.324 e. The number of thioether (sulfide) groups is 1. The Balaban J connectivity index is 1.67. The van der Waals surface area contributed by atoms with E-state index in [-0.39, 0.29) is 16.6 Å². The maximum absolute atomic E-state index is 13.0. The Morgan fingerprint density at radius 2 is 1.70 bits per heavy atom. The van der Waals surface area contributed by atoms with Crippen molar-refractivity contribution < 1.29 is 22.8 Å². The topological polar surface area (TPSA) is 58.2 Å². The molecule has 0 spiro atoms. The Kier molecular flexibility index (Phi) is 7.71. The van der Waals surface area contributed by atoms with Gasteiger partial charge in [0.15, 0.2) is 0 Å². The monoisotopic (exact) mass is 492 g/mol. The van der Waals surface area contributed by atoms with E-state index in [1.165, 1.54) is 11.8 Å². The molecule has 0 aromatic heterocycles. The fourth-order valence-corrected chi connectivity index (χ4v) is 4.05. The summed E-state index contributed by atoms with van der Waals surface area (Å²) in [6.45, 7) is 3.47. The Morgan fingerprint density at radius 1 is 0.970 bits per heavy atom. The van der Waals surface area contributed by atoms with Crippen molar-refractivity contribution in [3.05, 3.63) is 88.4 Å². The van der Waals surface area contributed by atoms with Gasteiger partial charge >= 0.3 is 6.18 Å². The number of anilines is 2. The Morgan fingerprint density at radius 3 is 2.39 bits per heavy atom. The summed E-state index contributed by atoms with van der Waals surface area (Å²) in [5, 5.41) is 4.66. The van der Waals surface area contributed by atoms with Crippen molar-refractivity contribution in [1.29, 1.82) is 0 Å². The van der Waals surface area contributed by atoms with Gasteiger partial charge in [0.1, 0.15) is 0 Å². The van der Waals surface area contributed by atoms with E-state index in [2.05, 4.69) is 10.6 Å². The number of rotatable bonds is 6. The first kappa shape index (κ1) is 24.7. The van der Waals surface area contributed by atoms with Crippen molar-refractivity contribution in [2.45, 2.75) is 30.2 Å². The number of hydrogen-bond donors (Lipinski definition) is 2. The third kappa shape index (κ3) is 6.52. The number of nitrogens with one attached hydrogen (secondary N) is 2. The summed E-state index contributed by atoms with van der Waals surface area (Å²) in [5.41, 5.74) is 0.949. The van der Waals surface area contributed by atoms with E-state index >= 15 is 0 Å². The predicted molar refractivity (Wildman–Crippen MR) is 126 cm³/mol. The Labute approximate surface area is 198 Å². The first-order valence-corrected chi connectivity index (χ1v) is 11.1. The molecule has 0 aliphatic rings. The number of carbonyl (C=O) groups excluding carboxylic acids is 2. The minimum Gasteiger partial charge on any atom is -0.324 e. The van der Waals surface area contributed by atoms with Crippen LogP contribution in [0.25, 0.3) is 0 Å². The number of aryl methyl sites for hydroxylation is 1. The first-order valence-electron chi connectivity index (χ1n) is 9.86. The number of halogens is 4. The molecule has 1 unspecified atom stereocenters. The SMILES string of the molecule is Cc1ccccc1C(=O)Nc1cccc(SC(C)C(=O)Nc2cc(C(F)(F)F)ccc2Cl)c1. The van der Waals surface area contributed by atoms with E-state index in [4.69, 9.17) is 11.6 Å². The van der Waals surface area contributed by atoms with Gasteiger partial charge in [0.25, 0.3) is 5.91 Å². The molecule has 0 fully saturated rings. The van der Waals surface area contributed by atoms with Crippen LogP contribution in [0.3, 0.4) is 0 Å². The van der Waals surface area contributed by atoms with Gasteiger partial charge in [-0.2, -0.15) is 13.2 Å². The molecule has 0 heterocycles. The van der Waals surface area contributed by atoms with Gasteiger partial charge < -0.3 is 10.6 Å². The van der Waals surface area contributed by atoms with E-state index < -0.39 is 22.9 Å². The molecule has 0 bridgehead atoms. The van der Waals surface area contributed by atoms with Crippen molar-refractivity contribution >= 4 is 46.6 Å². The van der Waals surface area contributed by atoms with Crippen LogP contribution >= 0.6 is 23.4 Å². The van der Waals surface area contributed by atoms with Gasteiger partial charge in [-0.15, -0.1) is 11.8 Å². The molecular weight excluding hydrogens is 473 g/mol. The van der Waals surface area contributed by atoms with E-state index in [1.807, 2.05) is 19.1 Å². The van der Waals surface area contributed by atoms with Gasteiger partial charge in [-0.3, -0.25) is 9.59 Å². The van der Waals surface area contributed by atoms with Crippen LogP contribution in [-0.2, 0) is 11.0 Å². The van der Waals surface area contributed by atoms with E-state index in [0.29, 0.717) is 16.1 Å². The van der Waals surface area contributed by atoms with Gasteiger partial charge in [0, 0.05) is 16.1 Å². The van der Waals surface area contributed by atoms with Crippen molar-refractivity contribution in [3.8, 4) is 0 Å². The lowest BCUT2D eigenvalue weighted by Crippen LogP contribution is -2.23. The summed E-state index contributed by atoms with van der Waals surface area (Å²) in [5.74, 6) is -0.754. The van der Waals surface area contributed by atoms with Crippen molar-refractivity contribution in [2.75, 3.05) is 10.6 Å². The average Bonchev–Trinajstić information content (AvgIpc) is 2.75. The number of benzene rings is 3. The second-order valence-corrected chi connectivity index (χ2v) is 9.06. The second-order valence-electron chi connectivity index (χ2n) is 7.24. The summed E-state index contributed by atoms with van der Waals surface area (Å²) in [4.78, 5) is 25.8. The lowest BCUT2D eigenvalue weighted by molar-refractivity contribution is -0.137. The quantitative estimate of drug-likeness (QED) is 0.363. The number of hydrogen-bond acceptors (Lipinski definition) is 3. The molecule has 33 heavy (non-hydrogen) atoms. The molecule has 0 aliphatic carbocycles. The molecule has 3 rings (SSSR count). The van der Waals surface area contributed by atoms with Crippen LogP contribution in [0, 0.1) is 6.92 Å². The molecule has 4 nitrogen and oxygen atoms in total. The fraction of sp³-hybridized carbons (Fsp3) is 0.167. The van der Waals surface area contributed by atoms with Crippen molar-refractivity contribution in [2.24, 2.45) is 0 Å². The van der Waals surface area contributed by atoms with Crippen LogP contribution in [0.1, 0.15) is 28.4 Å². The highest BCUT2D eigenvalue weighted by Gasteiger charge is 2.31. The summed E-state index contributed by atoms with van der Waals surface area (Å²) in [6.07, 6.45) is -4.55. The molecule has 3 aromatic rings. The zero-order valence-corrected chi connectivity index (χ0v) is 19.2. The summed E-state index contributed by atoms with van der Waals surface area (Å²) in [6, 6.07) is 16.9. The minimum absolute atomic E-state index is 0.00876. The molecular formula is C24H20ClF3N2O2S. The zero-order chi connectivity index (χ0) is 24.2. The zero-order valence-electron chi connectivity index (χ0n) is 17.7. The molecule has 172 valence electrons. The number of alkyl halides is 3. The van der Waals surface area contributed by atoms with Crippen LogP contribution in [0.2, 0.25) is 5.02 Å². The summed E-state index contributed by atoms with van der Waals surface area (Å²) < 4.78 is 38.9. The van der Waals surface area contributed by atoms with Crippen LogP contribution in [0.15, 0.2) is 71.6 Å². The summed E-state index contributed by atoms with van der Waals surface area (Å²) >= 11 is 7.16. The molecule has 3 aromatic carbocycles. The van der Waals surface area contributed by atoms with Crippen LogP contribution in [0.5, 0.6) is 0 Å². The highest BCUT2D eigenvalue weighted by atomic mass is 35.5. The molecule has 0 saturated carbocycles. The van der Waals surface area contributed by atoms with Crippen LogP contribution < -0.4 is 10.6 Å². The van der Waals surface area contributed by atoms with Gasteiger partial charge in [0.2, 0.25) is 5.91 Å². The van der Waals surface area contributed by atoms with Gasteiger partial charge in [0.05, 0.1) is 21.5 Å². The van der Waals surface area contributed by atoms with Crippen molar-refractivity contribution in [1.82, 2.24) is 0 Å². The van der Waals surface area contributed by atoms with E-state index in [9.17, 15) is 22.8 Å². The lowest BCUT2D eigenvalue weighted by Gasteiger charge is -2.15. The average molecular weight is 493 g/mol. The molecule has 0 radical (unpaired) electrons. The Bertz CT molecular complexity index is 1180. The maximum Gasteiger partial charge on any atom is 0.416 e. The molecule has 0 saturated heterocycles. The number of carbonyl (C=O) groups is 2. The standard InChI is InChI=1S/C24H20ClF3N2O2S/c1-14-6-3-4-9-19(14)23(32)29-17-7-5-8-18(13-17)33-15(2)22(31)30-21-12-16(24(26,27)28)10-11-20(21)25/h3-13,15H,1-2H3,(H,29,32)(H,30,31). The van der Waals surface area contributed by atoms with Crippen LogP contribution in [0.4, 0.5) is 24.5 Å². The van der Waals surface area contributed by atoms with E-state index in [0.717, 1.165) is 23.8 Å². The molecule has 0 aliphatic heterocycles. The lowest BCUT2D eigenvalue weighted by atomic mass is 10.1. The molecule has 1 atom stereocenters. The van der Waals surface area contributed by atoms with Gasteiger partial charge in [-0.05, 0) is 61.9 Å². The minimum atomic E-state index is -4.55. The third-order valence-electron chi connectivity index (χ3n) is 4.72. The first-order chi connectivity index (χ1) is 15.5. The van der Waals surface area contributed by atoms with Gasteiger partial charge in [-0.1, -0.05) is 35.9 Å². The Hall–Kier alpha value is -2.97. The maximum atomic E-state index is 13.0. The highest BCUT2D eigenvalue weighted by Crippen LogP contribution is 2.34. The van der Waals surface area contributed by atoms with Crippen LogP contribution in [-0.4, -0.2) is 17.1 Å². The molecule has 9 heteroatoms. The van der Waals surface area contributed by atoms with Crippen molar-refractivity contribution in [3.63, 3.8) is 0 Å². The highest BCUT2D eigenvalue weighted by molar-refractivity contribution is 8.00.